The molecule has 2 amide bonds. The Kier molecular flexibility index (Phi) is 7.91. The number of likely N-dealkylation sites (tertiary alicyclic amines) is 1. The predicted octanol–water partition coefficient (Wildman–Crippen LogP) is 2.00. The van der Waals surface area contributed by atoms with Gasteiger partial charge in [0.15, 0.2) is 0 Å². The number of piperidine rings is 2. The molecule has 2 aliphatic rings. The van der Waals surface area contributed by atoms with Gasteiger partial charge < -0.3 is 15.5 Å². The number of benzene rings is 1. The lowest BCUT2D eigenvalue weighted by atomic mass is 9.92. The number of hydrogen-bond donors (Lipinski definition) is 2. The maximum Gasteiger partial charge on any atom is 0.227 e. The maximum absolute atomic E-state index is 12.7. The fourth-order valence-corrected chi connectivity index (χ4v) is 3.78. The first-order valence-corrected chi connectivity index (χ1v) is 9.46. The Morgan fingerprint density at radius 1 is 1.23 bits per heavy atom. The standard InChI is InChI=1S/C20H29N3O2.ClH/c1-15-9-10-21-13-18(15)22-20(25)17-8-5-11-23(14-17)19(24)12-16-6-3-2-4-7-16;/h2-4,6-7,15,17-18,21H,5,8-14H2,1H3,(H,22,25);1H. The highest BCUT2D eigenvalue weighted by Crippen LogP contribution is 2.19. The Morgan fingerprint density at radius 3 is 2.73 bits per heavy atom. The number of nitrogens with zero attached hydrogens (tertiary/aromatic N) is 1. The van der Waals surface area contributed by atoms with Gasteiger partial charge in [-0.2, -0.15) is 0 Å². The molecule has 3 rings (SSSR count). The van der Waals surface area contributed by atoms with Gasteiger partial charge in [0.2, 0.25) is 11.8 Å². The molecule has 26 heavy (non-hydrogen) atoms. The molecule has 0 spiro atoms. The largest absolute Gasteiger partial charge is 0.352 e. The molecule has 2 heterocycles. The molecule has 0 saturated carbocycles. The predicted molar refractivity (Wildman–Crippen MR) is 105 cm³/mol. The summed E-state index contributed by atoms with van der Waals surface area (Å²) >= 11 is 0. The minimum absolute atomic E-state index is 0. The van der Waals surface area contributed by atoms with E-state index in [4.69, 9.17) is 0 Å². The van der Waals surface area contributed by atoms with Crippen molar-refractivity contribution in [2.45, 2.75) is 38.6 Å². The molecule has 1 aromatic rings. The minimum Gasteiger partial charge on any atom is -0.352 e. The van der Waals surface area contributed by atoms with Crippen LogP contribution in [0.2, 0.25) is 0 Å². The molecule has 2 fully saturated rings. The van der Waals surface area contributed by atoms with Crippen LogP contribution in [0.4, 0.5) is 0 Å². The third-order valence-corrected chi connectivity index (χ3v) is 5.50. The molecule has 0 radical (unpaired) electrons. The van der Waals surface area contributed by atoms with Gasteiger partial charge in [-0.1, -0.05) is 37.3 Å². The number of carbonyl (C=O) groups is 2. The first-order valence-electron chi connectivity index (χ1n) is 9.46. The summed E-state index contributed by atoms with van der Waals surface area (Å²) in [6, 6.07) is 10.0. The van der Waals surface area contributed by atoms with Gasteiger partial charge >= 0.3 is 0 Å². The fraction of sp³-hybridized carbons (Fsp3) is 0.600. The summed E-state index contributed by atoms with van der Waals surface area (Å²) in [5.74, 6) is 0.654. The Balaban J connectivity index is 0.00000243. The molecule has 2 N–H and O–H groups in total. The Labute approximate surface area is 162 Å². The van der Waals surface area contributed by atoms with Crippen LogP contribution in [0.25, 0.3) is 0 Å². The van der Waals surface area contributed by atoms with Crippen molar-refractivity contribution in [1.29, 1.82) is 0 Å². The lowest BCUT2D eigenvalue weighted by Crippen LogP contribution is -2.53. The van der Waals surface area contributed by atoms with E-state index in [1.807, 2.05) is 35.2 Å². The van der Waals surface area contributed by atoms with E-state index < -0.39 is 0 Å². The molecular formula is C20H30ClN3O2. The van der Waals surface area contributed by atoms with Crippen LogP contribution in [-0.4, -0.2) is 48.9 Å². The maximum atomic E-state index is 12.7. The SMILES string of the molecule is CC1CCNCC1NC(=O)C1CCCN(C(=O)Cc2ccccc2)C1.Cl. The van der Waals surface area contributed by atoms with Gasteiger partial charge in [0.05, 0.1) is 12.3 Å². The lowest BCUT2D eigenvalue weighted by Gasteiger charge is -2.35. The number of halogens is 1. The van der Waals surface area contributed by atoms with Gasteiger partial charge in [0, 0.05) is 25.7 Å². The van der Waals surface area contributed by atoms with Crippen LogP contribution < -0.4 is 10.6 Å². The van der Waals surface area contributed by atoms with Crippen molar-refractivity contribution in [3.05, 3.63) is 35.9 Å². The lowest BCUT2D eigenvalue weighted by molar-refractivity contribution is -0.135. The summed E-state index contributed by atoms with van der Waals surface area (Å²) in [7, 11) is 0. The molecule has 2 aliphatic heterocycles. The van der Waals surface area contributed by atoms with Crippen LogP contribution in [0.1, 0.15) is 31.7 Å². The summed E-state index contributed by atoms with van der Waals surface area (Å²) in [6.45, 7) is 5.38. The van der Waals surface area contributed by atoms with Crippen molar-refractivity contribution < 1.29 is 9.59 Å². The summed E-state index contributed by atoms with van der Waals surface area (Å²) < 4.78 is 0. The zero-order chi connectivity index (χ0) is 17.6. The molecule has 0 bridgehead atoms. The monoisotopic (exact) mass is 379 g/mol. The van der Waals surface area contributed by atoms with Crippen LogP contribution in [0.5, 0.6) is 0 Å². The van der Waals surface area contributed by atoms with E-state index in [1.54, 1.807) is 0 Å². The van der Waals surface area contributed by atoms with Gasteiger partial charge in [-0.15, -0.1) is 12.4 Å². The quantitative estimate of drug-likeness (QED) is 0.841. The summed E-state index contributed by atoms with van der Waals surface area (Å²) in [4.78, 5) is 27.1. The highest BCUT2D eigenvalue weighted by molar-refractivity contribution is 5.85. The zero-order valence-electron chi connectivity index (χ0n) is 15.4. The van der Waals surface area contributed by atoms with Gasteiger partial charge in [-0.25, -0.2) is 0 Å². The molecule has 144 valence electrons. The van der Waals surface area contributed by atoms with E-state index in [1.165, 1.54) is 0 Å². The van der Waals surface area contributed by atoms with Crippen molar-refractivity contribution in [3.63, 3.8) is 0 Å². The van der Waals surface area contributed by atoms with E-state index in [2.05, 4.69) is 17.6 Å². The fourth-order valence-electron chi connectivity index (χ4n) is 3.78. The number of amides is 2. The van der Waals surface area contributed by atoms with Crippen LogP contribution in [0, 0.1) is 11.8 Å². The van der Waals surface area contributed by atoms with Crippen molar-refractivity contribution in [1.82, 2.24) is 15.5 Å². The van der Waals surface area contributed by atoms with Gasteiger partial charge in [-0.3, -0.25) is 9.59 Å². The average molecular weight is 380 g/mol. The summed E-state index contributed by atoms with van der Waals surface area (Å²) in [6.07, 6.45) is 3.28. The Hall–Kier alpha value is -1.59. The normalized spacial score (nSPS) is 25.9. The number of nitrogens with one attached hydrogen (secondary N) is 2. The van der Waals surface area contributed by atoms with E-state index in [9.17, 15) is 9.59 Å². The van der Waals surface area contributed by atoms with Crippen LogP contribution in [0.3, 0.4) is 0 Å². The average Bonchev–Trinajstić information content (AvgIpc) is 2.64. The number of hydrogen-bond acceptors (Lipinski definition) is 3. The molecule has 0 aromatic heterocycles. The molecule has 3 atom stereocenters. The number of carbonyl (C=O) groups excluding carboxylic acids is 2. The van der Waals surface area contributed by atoms with Crippen LogP contribution in [0.15, 0.2) is 30.3 Å². The van der Waals surface area contributed by atoms with Crippen molar-refractivity contribution in [2.75, 3.05) is 26.2 Å². The Bertz CT molecular complexity index is 596. The highest BCUT2D eigenvalue weighted by atomic mass is 35.5. The third-order valence-electron chi connectivity index (χ3n) is 5.50. The smallest absolute Gasteiger partial charge is 0.227 e. The minimum atomic E-state index is -0.0809. The molecular weight excluding hydrogens is 350 g/mol. The number of rotatable bonds is 4. The first-order chi connectivity index (χ1) is 12.1. The van der Waals surface area contributed by atoms with E-state index >= 15 is 0 Å². The highest BCUT2D eigenvalue weighted by Gasteiger charge is 2.31. The molecule has 6 heteroatoms. The topological polar surface area (TPSA) is 61.4 Å². The van der Waals surface area contributed by atoms with Gasteiger partial charge in [0.1, 0.15) is 0 Å². The van der Waals surface area contributed by atoms with Gasteiger partial charge in [-0.05, 0) is 37.3 Å². The van der Waals surface area contributed by atoms with Crippen molar-refractivity contribution in [2.24, 2.45) is 11.8 Å². The Morgan fingerprint density at radius 2 is 2.00 bits per heavy atom. The second-order valence-corrected chi connectivity index (χ2v) is 7.43. The second-order valence-electron chi connectivity index (χ2n) is 7.43. The molecule has 0 aliphatic carbocycles. The zero-order valence-corrected chi connectivity index (χ0v) is 16.3. The van der Waals surface area contributed by atoms with E-state index in [0.29, 0.717) is 18.9 Å². The third kappa shape index (κ3) is 5.45. The van der Waals surface area contributed by atoms with Crippen molar-refractivity contribution >= 4 is 24.2 Å². The van der Waals surface area contributed by atoms with E-state index in [0.717, 1.165) is 44.5 Å². The molecule has 3 unspecified atom stereocenters. The van der Waals surface area contributed by atoms with E-state index in [-0.39, 0.29) is 36.2 Å². The molecule has 2 saturated heterocycles. The molecule has 1 aromatic carbocycles. The van der Waals surface area contributed by atoms with Crippen molar-refractivity contribution in [3.8, 4) is 0 Å². The van der Waals surface area contributed by atoms with Crippen LogP contribution in [-0.2, 0) is 16.0 Å². The summed E-state index contributed by atoms with van der Waals surface area (Å²) in [5, 5.41) is 6.56. The molecule has 5 nitrogen and oxygen atoms in total. The summed E-state index contributed by atoms with van der Waals surface area (Å²) in [5.41, 5.74) is 1.03. The van der Waals surface area contributed by atoms with Crippen LogP contribution >= 0.6 is 12.4 Å². The second kappa shape index (κ2) is 9.93. The van der Waals surface area contributed by atoms with Gasteiger partial charge in [0.25, 0.3) is 0 Å². The first kappa shape index (κ1) is 20.7.